The largest absolute Gasteiger partial charge is 0.464 e. The van der Waals surface area contributed by atoms with Crippen LogP contribution in [0, 0.1) is 0 Å². The quantitative estimate of drug-likeness (QED) is 0.388. The van der Waals surface area contributed by atoms with E-state index in [1.54, 1.807) is 6.92 Å². The zero-order valence-corrected chi connectivity index (χ0v) is 13.7. The van der Waals surface area contributed by atoms with E-state index < -0.39 is 8.32 Å². The van der Waals surface area contributed by atoms with Crippen LogP contribution in [0.3, 0.4) is 0 Å². The zero-order valence-electron chi connectivity index (χ0n) is 12.7. The maximum atomic E-state index is 11.0. The second-order valence-electron chi connectivity index (χ2n) is 5.82. The van der Waals surface area contributed by atoms with Gasteiger partial charge in [0.1, 0.15) is 6.61 Å². The number of hydrogen-bond donors (Lipinski definition) is 0. The van der Waals surface area contributed by atoms with E-state index in [9.17, 15) is 4.79 Å². The van der Waals surface area contributed by atoms with Gasteiger partial charge in [0.15, 0.2) is 8.32 Å². The fraction of sp³-hybridized carbons (Fsp3) is 0.923. The molecule has 4 nitrogen and oxygen atoms in total. The average molecular weight is 276 g/mol. The van der Waals surface area contributed by atoms with Gasteiger partial charge < -0.3 is 13.9 Å². The van der Waals surface area contributed by atoms with Crippen LogP contribution >= 0.6 is 0 Å². The Morgan fingerprint density at radius 1 is 1.17 bits per heavy atom. The number of esters is 1. The minimum absolute atomic E-state index is 0.0356. The third-order valence-corrected chi connectivity index (χ3v) is 7.77. The van der Waals surface area contributed by atoms with E-state index in [4.69, 9.17) is 13.9 Å². The Bertz CT molecular complexity index is 246. The average Bonchev–Trinajstić information content (AvgIpc) is 2.21. The van der Waals surface area contributed by atoms with Crippen molar-refractivity contribution in [3.05, 3.63) is 0 Å². The molecule has 0 aromatic heterocycles. The van der Waals surface area contributed by atoms with Gasteiger partial charge in [-0.15, -0.1) is 0 Å². The summed E-state index contributed by atoms with van der Waals surface area (Å²) in [6.07, 6.45) is 0.811. The number of ether oxygens (including phenoxy) is 2. The molecule has 0 unspecified atom stereocenters. The highest BCUT2D eigenvalue weighted by molar-refractivity contribution is 6.74. The fourth-order valence-corrected chi connectivity index (χ4v) is 2.15. The first-order valence-electron chi connectivity index (χ1n) is 6.58. The maximum Gasteiger partial charge on any atom is 0.332 e. The van der Waals surface area contributed by atoms with Crippen molar-refractivity contribution in [1.29, 1.82) is 0 Å². The summed E-state index contributed by atoms with van der Waals surface area (Å²) >= 11 is 0. The van der Waals surface area contributed by atoms with Crippen molar-refractivity contribution in [2.75, 3.05) is 26.4 Å². The van der Waals surface area contributed by atoms with Gasteiger partial charge in [0.2, 0.25) is 0 Å². The molecule has 18 heavy (non-hydrogen) atoms. The molecule has 5 heteroatoms. The van der Waals surface area contributed by atoms with Crippen LogP contribution in [-0.4, -0.2) is 40.7 Å². The van der Waals surface area contributed by atoms with E-state index >= 15 is 0 Å². The SMILES string of the molecule is CCOC(=O)COCCCO[Si](C)(C)C(C)(C)C. The van der Waals surface area contributed by atoms with Crippen LogP contribution < -0.4 is 0 Å². The highest BCUT2D eigenvalue weighted by atomic mass is 28.4. The Morgan fingerprint density at radius 3 is 2.28 bits per heavy atom. The summed E-state index contributed by atoms with van der Waals surface area (Å²) < 4.78 is 16.0. The van der Waals surface area contributed by atoms with Crippen LogP contribution in [0.2, 0.25) is 18.1 Å². The minimum Gasteiger partial charge on any atom is -0.464 e. The standard InChI is InChI=1S/C13H28O4Si/c1-7-16-12(14)11-15-9-8-10-17-18(5,6)13(2,3)4/h7-11H2,1-6H3. The highest BCUT2D eigenvalue weighted by Gasteiger charge is 2.36. The molecule has 0 bridgehead atoms. The van der Waals surface area contributed by atoms with Gasteiger partial charge in [-0.3, -0.25) is 0 Å². The smallest absolute Gasteiger partial charge is 0.332 e. The first kappa shape index (κ1) is 17.6. The molecule has 0 fully saturated rings. The summed E-state index contributed by atoms with van der Waals surface area (Å²) in [7, 11) is -1.65. The predicted octanol–water partition coefficient (Wildman–Crippen LogP) is 2.98. The third kappa shape index (κ3) is 7.13. The normalized spacial score (nSPS) is 12.6. The number of carbonyl (C=O) groups excluding carboxylic acids is 1. The first-order chi connectivity index (χ1) is 8.20. The molecule has 0 aliphatic rings. The van der Waals surface area contributed by atoms with E-state index in [0.717, 1.165) is 6.42 Å². The second kappa shape index (κ2) is 7.91. The van der Waals surface area contributed by atoms with E-state index in [1.807, 2.05) is 0 Å². The van der Waals surface area contributed by atoms with Gasteiger partial charge in [-0.1, -0.05) is 20.8 Å². The van der Waals surface area contributed by atoms with Gasteiger partial charge in [0.25, 0.3) is 0 Å². The lowest BCUT2D eigenvalue weighted by molar-refractivity contribution is -0.148. The molecule has 0 aliphatic carbocycles. The van der Waals surface area contributed by atoms with Crippen LogP contribution in [-0.2, 0) is 18.7 Å². The van der Waals surface area contributed by atoms with E-state index in [2.05, 4.69) is 33.9 Å². The van der Waals surface area contributed by atoms with Gasteiger partial charge >= 0.3 is 5.97 Å². The number of carbonyl (C=O) groups is 1. The van der Waals surface area contributed by atoms with Crippen LogP contribution in [0.5, 0.6) is 0 Å². The zero-order chi connectivity index (χ0) is 14.2. The lowest BCUT2D eigenvalue weighted by atomic mass is 10.2. The van der Waals surface area contributed by atoms with Gasteiger partial charge in [0.05, 0.1) is 6.61 Å². The molecule has 0 aromatic carbocycles. The molecular weight excluding hydrogens is 248 g/mol. The van der Waals surface area contributed by atoms with E-state index in [0.29, 0.717) is 19.8 Å². The molecule has 0 rings (SSSR count). The van der Waals surface area contributed by atoms with Crippen LogP contribution in [0.4, 0.5) is 0 Å². The fourth-order valence-electron chi connectivity index (χ4n) is 1.06. The molecule has 0 atom stereocenters. The molecule has 0 N–H and O–H groups in total. The summed E-state index contributed by atoms with van der Waals surface area (Å²) in [5.74, 6) is -0.303. The minimum atomic E-state index is -1.65. The number of rotatable bonds is 8. The monoisotopic (exact) mass is 276 g/mol. The van der Waals surface area contributed by atoms with Gasteiger partial charge in [-0.2, -0.15) is 0 Å². The Hall–Kier alpha value is -0.393. The molecule has 0 aromatic rings. The summed E-state index contributed by atoms with van der Waals surface area (Å²) in [5, 5.41) is 0.235. The van der Waals surface area contributed by atoms with E-state index in [1.165, 1.54) is 0 Å². The topological polar surface area (TPSA) is 44.8 Å². The molecular formula is C13H28O4Si. The summed E-state index contributed by atoms with van der Waals surface area (Å²) in [6, 6.07) is 0. The van der Waals surface area contributed by atoms with Crippen LogP contribution in [0.1, 0.15) is 34.1 Å². The Kier molecular flexibility index (Phi) is 7.74. The molecule has 0 amide bonds. The molecule has 0 aliphatic heterocycles. The van der Waals surface area contributed by atoms with Gasteiger partial charge in [0, 0.05) is 13.2 Å². The summed E-state index contributed by atoms with van der Waals surface area (Å²) in [5.41, 5.74) is 0. The lowest BCUT2D eigenvalue weighted by Crippen LogP contribution is -2.41. The number of hydrogen-bond acceptors (Lipinski definition) is 4. The second-order valence-corrected chi connectivity index (χ2v) is 10.6. The lowest BCUT2D eigenvalue weighted by Gasteiger charge is -2.36. The molecule has 0 saturated heterocycles. The summed E-state index contributed by atoms with van der Waals surface area (Å²) in [4.78, 5) is 11.0. The van der Waals surface area contributed by atoms with Crippen molar-refractivity contribution in [2.45, 2.75) is 52.2 Å². The van der Waals surface area contributed by atoms with Crippen molar-refractivity contribution in [1.82, 2.24) is 0 Å². The molecule has 0 radical (unpaired) electrons. The third-order valence-electron chi connectivity index (χ3n) is 3.23. The molecule has 0 heterocycles. The molecule has 0 spiro atoms. The van der Waals surface area contributed by atoms with Crippen LogP contribution in [0.15, 0.2) is 0 Å². The molecule has 0 saturated carbocycles. The van der Waals surface area contributed by atoms with Gasteiger partial charge in [-0.05, 0) is 31.5 Å². The van der Waals surface area contributed by atoms with Crippen molar-refractivity contribution in [3.8, 4) is 0 Å². The Morgan fingerprint density at radius 2 is 1.78 bits per heavy atom. The van der Waals surface area contributed by atoms with Crippen molar-refractivity contribution < 1.29 is 18.7 Å². The van der Waals surface area contributed by atoms with Gasteiger partial charge in [-0.25, -0.2) is 4.79 Å². The highest BCUT2D eigenvalue weighted by Crippen LogP contribution is 2.36. The Balaban J connectivity index is 3.60. The van der Waals surface area contributed by atoms with Crippen molar-refractivity contribution in [3.63, 3.8) is 0 Å². The first-order valence-corrected chi connectivity index (χ1v) is 9.49. The Labute approximate surface area is 112 Å². The van der Waals surface area contributed by atoms with Crippen molar-refractivity contribution >= 4 is 14.3 Å². The molecule has 108 valence electrons. The van der Waals surface area contributed by atoms with Crippen LogP contribution in [0.25, 0.3) is 0 Å². The maximum absolute atomic E-state index is 11.0. The van der Waals surface area contributed by atoms with E-state index in [-0.39, 0.29) is 17.6 Å². The summed E-state index contributed by atoms with van der Waals surface area (Å²) in [6.45, 7) is 14.6. The van der Waals surface area contributed by atoms with Crippen molar-refractivity contribution in [2.24, 2.45) is 0 Å². The predicted molar refractivity (Wildman–Crippen MR) is 75.2 cm³/mol.